The lowest BCUT2D eigenvalue weighted by molar-refractivity contribution is 0.179. The van der Waals surface area contributed by atoms with E-state index >= 15 is 0 Å². The van der Waals surface area contributed by atoms with Gasteiger partial charge in [-0.2, -0.15) is 0 Å². The Bertz CT molecular complexity index is 538. The van der Waals surface area contributed by atoms with Crippen LogP contribution in [0, 0.1) is 0 Å². The van der Waals surface area contributed by atoms with Gasteiger partial charge in [0.1, 0.15) is 0 Å². The van der Waals surface area contributed by atoms with Gasteiger partial charge in [0, 0.05) is 26.2 Å². The molecule has 0 amide bonds. The highest BCUT2D eigenvalue weighted by molar-refractivity contribution is 9.10. The zero-order chi connectivity index (χ0) is 13.1. The Hall–Kier alpha value is -0.350. The van der Waals surface area contributed by atoms with Crippen LogP contribution in [0.1, 0.15) is 28.3 Å². The van der Waals surface area contributed by atoms with Gasteiger partial charge in [0.2, 0.25) is 0 Å². The molecule has 0 saturated carbocycles. The van der Waals surface area contributed by atoms with Crippen LogP contribution in [-0.4, -0.2) is 5.11 Å². The largest absolute Gasteiger partial charge is 0.388 e. The smallest absolute Gasteiger partial charge is 0.0853 e. The fourth-order valence-corrected chi connectivity index (χ4v) is 3.43. The van der Waals surface area contributed by atoms with E-state index in [0.717, 1.165) is 16.5 Å². The number of hydrogen-bond donors (Lipinski definition) is 1. The molecular weight excluding hydrogens is 332 g/mol. The summed E-state index contributed by atoms with van der Waals surface area (Å²) in [5, 5.41) is 10.9. The van der Waals surface area contributed by atoms with E-state index < -0.39 is 6.10 Å². The first-order valence-corrected chi connectivity index (χ1v) is 7.80. The Kier molecular flexibility index (Phi) is 4.84. The molecule has 1 aromatic carbocycles. The van der Waals surface area contributed by atoms with E-state index in [2.05, 4.69) is 35.0 Å². The molecule has 1 nitrogen and oxygen atoms in total. The van der Waals surface area contributed by atoms with Crippen molar-refractivity contribution in [1.29, 1.82) is 0 Å². The Morgan fingerprint density at radius 2 is 2.00 bits per heavy atom. The van der Waals surface area contributed by atoms with Crippen LogP contribution in [0.3, 0.4) is 0 Å². The summed E-state index contributed by atoms with van der Waals surface area (Å²) in [5.74, 6) is 0. The van der Waals surface area contributed by atoms with Gasteiger partial charge in [-0.05, 0) is 40.5 Å². The summed E-state index contributed by atoms with van der Waals surface area (Å²) in [6, 6.07) is 9.83. The van der Waals surface area contributed by atoms with Crippen molar-refractivity contribution in [2.45, 2.75) is 25.9 Å². The first-order chi connectivity index (χ1) is 8.61. The predicted octanol–water partition coefficient (Wildman–Crippen LogP) is 5.00. The standard InChI is InChI=1S/C14H14BrClOS/c1-2-9-6-7-10(18-9)8-13(17)11-4-3-5-12(15)14(11)16/h3-7,13,17H,2,8H2,1H3. The Labute approximate surface area is 125 Å². The number of aryl methyl sites for hydroxylation is 1. The van der Waals surface area contributed by atoms with E-state index in [1.165, 1.54) is 9.75 Å². The van der Waals surface area contributed by atoms with Gasteiger partial charge >= 0.3 is 0 Å². The Balaban J connectivity index is 2.16. The SMILES string of the molecule is CCc1ccc(CC(O)c2cccc(Br)c2Cl)s1. The van der Waals surface area contributed by atoms with Gasteiger partial charge in [-0.25, -0.2) is 0 Å². The lowest BCUT2D eigenvalue weighted by Crippen LogP contribution is -2.01. The molecule has 0 saturated heterocycles. The lowest BCUT2D eigenvalue weighted by atomic mass is 10.1. The molecule has 0 radical (unpaired) electrons. The molecule has 1 heterocycles. The van der Waals surface area contributed by atoms with Crippen molar-refractivity contribution in [1.82, 2.24) is 0 Å². The first-order valence-electron chi connectivity index (χ1n) is 5.81. The quantitative estimate of drug-likeness (QED) is 0.826. The number of aliphatic hydroxyl groups is 1. The van der Waals surface area contributed by atoms with Crippen LogP contribution in [0.5, 0.6) is 0 Å². The van der Waals surface area contributed by atoms with Crippen molar-refractivity contribution < 1.29 is 5.11 Å². The maximum absolute atomic E-state index is 10.3. The molecule has 0 aliphatic heterocycles. The highest BCUT2D eigenvalue weighted by Crippen LogP contribution is 2.32. The molecule has 18 heavy (non-hydrogen) atoms. The maximum Gasteiger partial charge on any atom is 0.0853 e. The van der Waals surface area contributed by atoms with Crippen LogP contribution in [0.25, 0.3) is 0 Å². The van der Waals surface area contributed by atoms with E-state index in [1.807, 2.05) is 18.2 Å². The number of benzene rings is 1. The summed E-state index contributed by atoms with van der Waals surface area (Å²) in [7, 11) is 0. The van der Waals surface area contributed by atoms with Gasteiger partial charge in [-0.1, -0.05) is 30.7 Å². The fraction of sp³-hybridized carbons (Fsp3) is 0.286. The summed E-state index contributed by atoms with van der Waals surface area (Å²) in [6.07, 6.45) is 1.09. The van der Waals surface area contributed by atoms with Crippen molar-refractivity contribution in [3.8, 4) is 0 Å². The van der Waals surface area contributed by atoms with Gasteiger partial charge < -0.3 is 5.11 Å². The van der Waals surface area contributed by atoms with E-state index in [4.69, 9.17) is 11.6 Å². The second-order valence-electron chi connectivity index (χ2n) is 4.08. The van der Waals surface area contributed by atoms with Crippen LogP contribution in [0.4, 0.5) is 0 Å². The number of rotatable bonds is 4. The van der Waals surface area contributed by atoms with E-state index in [1.54, 1.807) is 11.3 Å². The highest BCUT2D eigenvalue weighted by Gasteiger charge is 2.14. The van der Waals surface area contributed by atoms with Crippen molar-refractivity contribution in [2.75, 3.05) is 0 Å². The topological polar surface area (TPSA) is 20.2 Å². The maximum atomic E-state index is 10.3. The van der Waals surface area contributed by atoms with Crippen LogP contribution in [0.15, 0.2) is 34.8 Å². The van der Waals surface area contributed by atoms with Gasteiger partial charge in [0.25, 0.3) is 0 Å². The van der Waals surface area contributed by atoms with Crippen molar-refractivity contribution in [3.63, 3.8) is 0 Å². The minimum absolute atomic E-state index is 0.557. The number of thiophene rings is 1. The highest BCUT2D eigenvalue weighted by atomic mass is 79.9. The van der Waals surface area contributed by atoms with Crippen LogP contribution in [0.2, 0.25) is 5.02 Å². The molecule has 0 fully saturated rings. The summed E-state index contributed by atoms with van der Waals surface area (Å²) in [6.45, 7) is 2.14. The van der Waals surface area contributed by atoms with E-state index in [-0.39, 0.29) is 0 Å². The van der Waals surface area contributed by atoms with E-state index in [9.17, 15) is 5.11 Å². The third kappa shape index (κ3) is 3.15. The van der Waals surface area contributed by atoms with Gasteiger partial charge in [0.05, 0.1) is 11.1 Å². The minimum atomic E-state index is -0.557. The first kappa shape index (κ1) is 14.1. The summed E-state index contributed by atoms with van der Waals surface area (Å²) < 4.78 is 0.821. The lowest BCUT2D eigenvalue weighted by Gasteiger charge is -2.12. The molecule has 1 atom stereocenters. The zero-order valence-corrected chi connectivity index (χ0v) is 13.1. The fourth-order valence-electron chi connectivity index (χ4n) is 1.80. The third-order valence-electron chi connectivity index (χ3n) is 2.80. The average Bonchev–Trinajstić information content (AvgIpc) is 2.80. The van der Waals surface area contributed by atoms with Crippen LogP contribution >= 0.6 is 38.9 Å². The van der Waals surface area contributed by atoms with Crippen LogP contribution < -0.4 is 0 Å². The normalized spacial score (nSPS) is 12.7. The number of aliphatic hydroxyl groups excluding tert-OH is 1. The molecule has 0 aliphatic carbocycles. The molecular formula is C14H14BrClOS. The zero-order valence-electron chi connectivity index (χ0n) is 9.99. The van der Waals surface area contributed by atoms with E-state index in [0.29, 0.717) is 11.4 Å². The molecule has 0 spiro atoms. The molecule has 0 aliphatic rings. The van der Waals surface area contributed by atoms with Crippen LogP contribution in [-0.2, 0) is 12.8 Å². The van der Waals surface area contributed by atoms with Crippen molar-refractivity contribution in [3.05, 3.63) is 55.1 Å². The molecule has 1 N–H and O–H groups in total. The molecule has 1 aromatic heterocycles. The number of hydrogen-bond acceptors (Lipinski definition) is 2. The van der Waals surface area contributed by atoms with Gasteiger partial charge in [-0.3, -0.25) is 0 Å². The molecule has 0 bridgehead atoms. The monoisotopic (exact) mass is 344 g/mol. The second-order valence-corrected chi connectivity index (χ2v) is 6.57. The molecule has 96 valence electrons. The molecule has 2 aromatic rings. The summed E-state index contributed by atoms with van der Waals surface area (Å²) in [5.41, 5.74) is 0.775. The average molecular weight is 346 g/mol. The van der Waals surface area contributed by atoms with Crippen molar-refractivity contribution in [2.24, 2.45) is 0 Å². The second kappa shape index (κ2) is 6.20. The molecule has 4 heteroatoms. The minimum Gasteiger partial charge on any atom is -0.388 e. The van der Waals surface area contributed by atoms with Gasteiger partial charge in [0.15, 0.2) is 0 Å². The van der Waals surface area contributed by atoms with Gasteiger partial charge in [-0.15, -0.1) is 11.3 Å². The summed E-state index contributed by atoms with van der Waals surface area (Å²) >= 11 is 11.3. The number of halogens is 2. The summed E-state index contributed by atoms with van der Waals surface area (Å²) in [4.78, 5) is 2.54. The Morgan fingerprint density at radius 3 is 2.67 bits per heavy atom. The predicted molar refractivity (Wildman–Crippen MR) is 81.5 cm³/mol. The third-order valence-corrected chi connectivity index (χ3v) is 5.36. The Morgan fingerprint density at radius 1 is 1.28 bits per heavy atom. The molecule has 1 unspecified atom stereocenters. The molecule has 2 rings (SSSR count). The van der Waals surface area contributed by atoms with Crippen molar-refractivity contribution >= 4 is 38.9 Å².